The molecule has 0 unspecified atom stereocenters. The van der Waals surface area contributed by atoms with E-state index in [-0.39, 0.29) is 5.69 Å². The summed E-state index contributed by atoms with van der Waals surface area (Å²) in [5.74, 6) is -0.595. The molecule has 0 atom stereocenters. The second-order valence-electron chi connectivity index (χ2n) is 5.37. The molecule has 0 aliphatic carbocycles. The van der Waals surface area contributed by atoms with Gasteiger partial charge in [0.05, 0.1) is 6.20 Å². The van der Waals surface area contributed by atoms with Crippen LogP contribution in [0.2, 0.25) is 0 Å². The first-order valence-electron chi connectivity index (χ1n) is 6.45. The molecular formula is C12H21N5O3. The van der Waals surface area contributed by atoms with Crippen molar-refractivity contribution in [2.24, 2.45) is 5.73 Å². The second kappa shape index (κ2) is 6.88. The van der Waals surface area contributed by atoms with Gasteiger partial charge in [-0.3, -0.25) is 9.48 Å². The molecule has 0 spiro atoms. The highest BCUT2D eigenvalue weighted by molar-refractivity contribution is 5.90. The van der Waals surface area contributed by atoms with E-state index in [9.17, 15) is 9.59 Å². The maximum absolute atomic E-state index is 11.4. The van der Waals surface area contributed by atoms with Gasteiger partial charge in [-0.2, -0.15) is 0 Å². The molecule has 8 heteroatoms. The number of nitrogens with zero attached hydrogens (tertiary/aromatic N) is 3. The van der Waals surface area contributed by atoms with Crippen LogP contribution in [0.4, 0.5) is 4.79 Å². The van der Waals surface area contributed by atoms with Crippen LogP contribution in [-0.2, 0) is 11.3 Å². The van der Waals surface area contributed by atoms with Crippen LogP contribution in [0.3, 0.4) is 0 Å². The van der Waals surface area contributed by atoms with E-state index in [1.165, 1.54) is 6.20 Å². The minimum absolute atomic E-state index is 0.150. The Morgan fingerprint density at radius 3 is 2.65 bits per heavy atom. The Labute approximate surface area is 117 Å². The van der Waals surface area contributed by atoms with E-state index >= 15 is 0 Å². The number of ether oxygens (including phenoxy) is 1. The summed E-state index contributed by atoms with van der Waals surface area (Å²) >= 11 is 0. The molecule has 0 aromatic carbocycles. The molecular weight excluding hydrogens is 262 g/mol. The molecule has 0 fully saturated rings. The number of aromatic nitrogens is 3. The van der Waals surface area contributed by atoms with Crippen LogP contribution in [0.5, 0.6) is 0 Å². The van der Waals surface area contributed by atoms with Gasteiger partial charge in [-0.25, -0.2) is 4.79 Å². The summed E-state index contributed by atoms with van der Waals surface area (Å²) in [5, 5.41) is 10.1. The fraction of sp³-hybridized carbons (Fsp3) is 0.667. The Morgan fingerprint density at radius 2 is 2.10 bits per heavy atom. The van der Waals surface area contributed by atoms with Crippen LogP contribution in [0.25, 0.3) is 0 Å². The Morgan fingerprint density at radius 1 is 1.40 bits per heavy atom. The molecule has 0 bridgehead atoms. The maximum atomic E-state index is 11.4. The van der Waals surface area contributed by atoms with E-state index in [4.69, 9.17) is 10.5 Å². The minimum Gasteiger partial charge on any atom is -0.444 e. The number of unbranched alkanes of at least 4 members (excludes halogenated alkanes) is 1. The Balaban J connectivity index is 2.16. The van der Waals surface area contributed by atoms with Crippen molar-refractivity contribution in [1.82, 2.24) is 20.3 Å². The molecule has 2 amide bonds. The maximum Gasteiger partial charge on any atom is 0.407 e. The molecule has 0 radical (unpaired) electrons. The summed E-state index contributed by atoms with van der Waals surface area (Å²) in [6, 6.07) is 0. The number of nitrogens with one attached hydrogen (secondary N) is 1. The minimum atomic E-state index is -0.595. The van der Waals surface area contributed by atoms with E-state index in [1.54, 1.807) is 4.68 Å². The molecule has 1 heterocycles. The lowest BCUT2D eigenvalue weighted by Crippen LogP contribution is -2.33. The number of nitrogens with two attached hydrogens (primary N) is 1. The number of aryl methyl sites for hydroxylation is 1. The molecule has 112 valence electrons. The molecule has 0 aliphatic rings. The zero-order valence-electron chi connectivity index (χ0n) is 12.0. The Bertz CT molecular complexity index is 464. The van der Waals surface area contributed by atoms with Crippen LogP contribution >= 0.6 is 0 Å². The number of hydrogen-bond acceptors (Lipinski definition) is 5. The van der Waals surface area contributed by atoms with Crippen molar-refractivity contribution in [2.75, 3.05) is 6.54 Å². The predicted molar refractivity (Wildman–Crippen MR) is 72.0 cm³/mol. The molecule has 1 rings (SSSR count). The highest BCUT2D eigenvalue weighted by Crippen LogP contribution is 2.06. The van der Waals surface area contributed by atoms with Gasteiger partial charge in [-0.15, -0.1) is 5.10 Å². The number of alkyl carbamates (subject to hydrolysis) is 1. The van der Waals surface area contributed by atoms with E-state index in [1.807, 2.05) is 20.8 Å². The topological polar surface area (TPSA) is 112 Å². The third kappa shape index (κ3) is 6.17. The van der Waals surface area contributed by atoms with Gasteiger partial charge in [0, 0.05) is 13.1 Å². The first kappa shape index (κ1) is 15.9. The van der Waals surface area contributed by atoms with E-state index in [2.05, 4.69) is 15.6 Å². The number of primary amides is 1. The third-order valence-corrected chi connectivity index (χ3v) is 2.27. The van der Waals surface area contributed by atoms with Gasteiger partial charge in [0.25, 0.3) is 5.91 Å². The van der Waals surface area contributed by atoms with Gasteiger partial charge in [-0.05, 0) is 33.6 Å². The van der Waals surface area contributed by atoms with Crippen molar-refractivity contribution in [1.29, 1.82) is 0 Å². The molecule has 20 heavy (non-hydrogen) atoms. The molecule has 1 aromatic rings. The lowest BCUT2D eigenvalue weighted by Gasteiger charge is -2.19. The van der Waals surface area contributed by atoms with Crippen LogP contribution in [0, 0.1) is 0 Å². The van der Waals surface area contributed by atoms with Crippen molar-refractivity contribution in [3.63, 3.8) is 0 Å². The molecule has 3 N–H and O–H groups in total. The monoisotopic (exact) mass is 283 g/mol. The van der Waals surface area contributed by atoms with Gasteiger partial charge in [0.1, 0.15) is 5.60 Å². The lowest BCUT2D eigenvalue weighted by molar-refractivity contribution is 0.0526. The van der Waals surface area contributed by atoms with Crippen molar-refractivity contribution in [3.05, 3.63) is 11.9 Å². The van der Waals surface area contributed by atoms with Gasteiger partial charge in [-0.1, -0.05) is 5.21 Å². The third-order valence-electron chi connectivity index (χ3n) is 2.27. The predicted octanol–water partition coefficient (Wildman–Crippen LogP) is 0.682. The fourth-order valence-electron chi connectivity index (χ4n) is 1.42. The number of carbonyl (C=O) groups excluding carboxylic acids is 2. The Kier molecular flexibility index (Phi) is 5.48. The smallest absolute Gasteiger partial charge is 0.407 e. The second-order valence-corrected chi connectivity index (χ2v) is 5.37. The highest BCUT2D eigenvalue weighted by Gasteiger charge is 2.15. The zero-order chi connectivity index (χ0) is 15.2. The van der Waals surface area contributed by atoms with Gasteiger partial charge in [0.15, 0.2) is 5.69 Å². The van der Waals surface area contributed by atoms with Crippen molar-refractivity contribution >= 4 is 12.0 Å². The average molecular weight is 283 g/mol. The van der Waals surface area contributed by atoms with Crippen molar-refractivity contribution < 1.29 is 14.3 Å². The van der Waals surface area contributed by atoms with E-state index in [0.29, 0.717) is 13.1 Å². The Hall–Kier alpha value is -2.12. The van der Waals surface area contributed by atoms with E-state index < -0.39 is 17.6 Å². The summed E-state index contributed by atoms with van der Waals surface area (Å²) < 4.78 is 6.65. The van der Waals surface area contributed by atoms with Crippen LogP contribution < -0.4 is 11.1 Å². The van der Waals surface area contributed by atoms with Crippen LogP contribution in [0.15, 0.2) is 6.20 Å². The standard InChI is InChI=1S/C12H21N5O3/c1-12(2,3)20-11(19)14-6-4-5-7-17-8-9(10(13)18)15-16-17/h8H,4-7H2,1-3H3,(H2,13,18)(H,14,19). The molecule has 0 saturated heterocycles. The number of hydrogen-bond donors (Lipinski definition) is 2. The quantitative estimate of drug-likeness (QED) is 0.745. The molecule has 8 nitrogen and oxygen atoms in total. The summed E-state index contributed by atoms with van der Waals surface area (Å²) in [5.41, 5.74) is 4.73. The normalized spacial score (nSPS) is 11.2. The van der Waals surface area contributed by atoms with Crippen LogP contribution in [0.1, 0.15) is 44.1 Å². The first-order valence-corrected chi connectivity index (χ1v) is 6.45. The van der Waals surface area contributed by atoms with Gasteiger partial charge < -0.3 is 15.8 Å². The van der Waals surface area contributed by atoms with Gasteiger partial charge >= 0.3 is 6.09 Å². The summed E-state index contributed by atoms with van der Waals surface area (Å²) in [6.45, 7) is 6.57. The molecule has 0 saturated carbocycles. The number of carbonyl (C=O) groups is 2. The first-order chi connectivity index (χ1) is 9.28. The number of amides is 2. The zero-order valence-corrected chi connectivity index (χ0v) is 12.0. The lowest BCUT2D eigenvalue weighted by atomic mass is 10.2. The average Bonchev–Trinajstić information content (AvgIpc) is 2.75. The van der Waals surface area contributed by atoms with Crippen molar-refractivity contribution in [2.45, 2.75) is 45.8 Å². The fourth-order valence-corrected chi connectivity index (χ4v) is 1.42. The highest BCUT2D eigenvalue weighted by atomic mass is 16.6. The van der Waals surface area contributed by atoms with Crippen molar-refractivity contribution in [3.8, 4) is 0 Å². The molecule has 1 aromatic heterocycles. The summed E-state index contributed by atoms with van der Waals surface area (Å²) in [4.78, 5) is 22.2. The SMILES string of the molecule is CC(C)(C)OC(=O)NCCCCn1cc(C(N)=O)nn1. The van der Waals surface area contributed by atoms with E-state index in [0.717, 1.165) is 12.8 Å². The largest absolute Gasteiger partial charge is 0.444 e. The summed E-state index contributed by atoms with van der Waals surface area (Å²) in [7, 11) is 0. The molecule has 0 aliphatic heterocycles. The van der Waals surface area contributed by atoms with Gasteiger partial charge in [0.2, 0.25) is 0 Å². The van der Waals surface area contributed by atoms with Crippen LogP contribution in [-0.4, -0.2) is 39.1 Å². The number of rotatable bonds is 6. The summed E-state index contributed by atoms with van der Waals surface area (Å²) in [6.07, 6.45) is 2.64.